The first-order chi connectivity index (χ1) is 19.7. The Labute approximate surface area is 233 Å². The highest BCUT2D eigenvalue weighted by Gasteiger charge is 2.10. The number of fused-ring (bicyclic) bond motifs is 1. The normalized spacial score (nSPS) is 11.0. The molecule has 13 heteroatoms. The van der Waals surface area contributed by atoms with Crippen molar-refractivity contribution in [1.29, 1.82) is 0 Å². The summed E-state index contributed by atoms with van der Waals surface area (Å²) in [5.74, 6) is 2.74. The highest BCUT2D eigenvalue weighted by Crippen LogP contribution is 2.20. The average molecular weight is 557 g/mol. The van der Waals surface area contributed by atoms with E-state index >= 15 is 0 Å². The van der Waals surface area contributed by atoms with E-state index in [2.05, 4.69) is 31.2 Å². The van der Waals surface area contributed by atoms with Crippen LogP contribution in [0.25, 0.3) is 11.2 Å². The van der Waals surface area contributed by atoms with Crippen LogP contribution in [0.4, 0.5) is 5.95 Å². The fraction of sp³-hybridized carbons (Fsp3) is 0.481. The number of nitrogens with zero attached hydrogens (tertiary/aromatic N) is 3. The highest BCUT2D eigenvalue weighted by atomic mass is 16.6. The van der Waals surface area contributed by atoms with E-state index in [1.165, 1.54) is 6.33 Å². The van der Waals surface area contributed by atoms with Crippen molar-refractivity contribution in [3.63, 3.8) is 0 Å². The van der Waals surface area contributed by atoms with Gasteiger partial charge in [0.25, 0.3) is 0 Å². The lowest BCUT2D eigenvalue weighted by Crippen LogP contribution is -2.24. The fourth-order valence-electron chi connectivity index (χ4n) is 3.30. The van der Waals surface area contributed by atoms with E-state index in [0.717, 1.165) is 11.1 Å². The SMILES string of the molecule is C#CCOCCOCCOCCOCCOCCC(=O)NCc1ccc(COc2nc(N)nc3nc[nH]c23)cc1. The number of ether oxygens (including phenoxy) is 6. The molecule has 0 saturated carbocycles. The summed E-state index contributed by atoms with van der Waals surface area (Å²) in [5.41, 5.74) is 8.66. The Morgan fingerprint density at radius 3 is 2.12 bits per heavy atom. The third-order valence-corrected chi connectivity index (χ3v) is 5.30. The largest absolute Gasteiger partial charge is 0.471 e. The molecule has 1 amide bonds. The monoisotopic (exact) mass is 556 g/mol. The van der Waals surface area contributed by atoms with E-state index < -0.39 is 0 Å². The fourth-order valence-corrected chi connectivity index (χ4v) is 3.30. The minimum atomic E-state index is -0.0866. The van der Waals surface area contributed by atoms with Crippen LogP contribution in [0.1, 0.15) is 17.5 Å². The maximum absolute atomic E-state index is 12.1. The molecule has 3 aromatic rings. The van der Waals surface area contributed by atoms with E-state index in [1.54, 1.807) is 0 Å². The zero-order valence-electron chi connectivity index (χ0n) is 22.4. The van der Waals surface area contributed by atoms with Crippen molar-refractivity contribution in [2.45, 2.75) is 19.6 Å². The van der Waals surface area contributed by atoms with Crippen molar-refractivity contribution in [1.82, 2.24) is 25.3 Å². The lowest BCUT2D eigenvalue weighted by atomic mass is 10.1. The van der Waals surface area contributed by atoms with Gasteiger partial charge in [-0.15, -0.1) is 6.42 Å². The number of carbonyl (C=O) groups excluding carboxylic acids is 1. The molecule has 40 heavy (non-hydrogen) atoms. The zero-order chi connectivity index (χ0) is 28.3. The summed E-state index contributed by atoms with van der Waals surface area (Å²) in [4.78, 5) is 27.3. The number of anilines is 1. The Bertz CT molecular complexity index is 1180. The Morgan fingerprint density at radius 1 is 0.875 bits per heavy atom. The minimum absolute atomic E-state index is 0.0866. The van der Waals surface area contributed by atoms with Crippen LogP contribution in [-0.2, 0) is 41.6 Å². The lowest BCUT2D eigenvalue weighted by Gasteiger charge is -2.09. The lowest BCUT2D eigenvalue weighted by molar-refractivity contribution is -0.122. The predicted molar refractivity (Wildman–Crippen MR) is 146 cm³/mol. The number of nitrogens with two attached hydrogens (primary N) is 1. The number of aromatic nitrogens is 4. The minimum Gasteiger partial charge on any atom is -0.471 e. The van der Waals surface area contributed by atoms with Crippen molar-refractivity contribution in [3.05, 3.63) is 41.7 Å². The molecular weight excluding hydrogens is 520 g/mol. The molecule has 0 unspecified atom stereocenters. The van der Waals surface area contributed by atoms with E-state index in [4.69, 9.17) is 40.6 Å². The quantitative estimate of drug-likeness (QED) is 0.128. The van der Waals surface area contributed by atoms with Crippen molar-refractivity contribution in [3.8, 4) is 18.2 Å². The van der Waals surface area contributed by atoms with Gasteiger partial charge in [0.05, 0.1) is 65.8 Å². The second kappa shape index (κ2) is 18.5. The number of nitrogen functional groups attached to an aromatic ring is 1. The Morgan fingerprint density at radius 2 is 1.48 bits per heavy atom. The molecule has 0 aliphatic heterocycles. The number of imidazole rings is 1. The van der Waals surface area contributed by atoms with Gasteiger partial charge in [-0.05, 0) is 11.1 Å². The Balaban J connectivity index is 1.15. The third-order valence-electron chi connectivity index (χ3n) is 5.30. The number of amides is 1. The van der Waals surface area contributed by atoms with Crippen LogP contribution >= 0.6 is 0 Å². The first-order valence-electron chi connectivity index (χ1n) is 12.9. The van der Waals surface area contributed by atoms with Crippen molar-refractivity contribution >= 4 is 23.0 Å². The van der Waals surface area contributed by atoms with Gasteiger partial charge in [0.2, 0.25) is 17.7 Å². The summed E-state index contributed by atoms with van der Waals surface area (Å²) in [6, 6.07) is 7.72. The van der Waals surface area contributed by atoms with Crippen LogP contribution in [0.2, 0.25) is 0 Å². The molecule has 0 saturated heterocycles. The van der Waals surface area contributed by atoms with Gasteiger partial charge in [0.15, 0.2) is 5.65 Å². The van der Waals surface area contributed by atoms with Crippen LogP contribution in [0.3, 0.4) is 0 Å². The van der Waals surface area contributed by atoms with Crippen molar-refractivity contribution in [2.24, 2.45) is 0 Å². The number of H-pyrrole nitrogens is 1. The van der Waals surface area contributed by atoms with Gasteiger partial charge >= 0.3 is 0 Å². The molecule has 0 bridgehead atoms. The Hall–Kier alpha value is -3.80. The number of hydrogen-bond donors (Lipinski definition) is 3. The molecular formula is C27H36N6O7. The van der Waals surface area contributed by atoms with Gasteiger partial charge < -0.3 is 44.5 Å². The molecule has 216 valence electrons. The van der Waals surface area contributed by atoms with Crippen molar-refractivity contribution in [2.75, 3.05) is 71.8 Å². The number of benzene rings is 1. The van der Waals surface area contributed by atoms with E-state index in [0.29, 0.717) is 96.3 Å². The number of rotatable bonds is 21. The second-order valence-electron chi connectivity index (χ2n) is 8.33. The first kappa shape index (κ1) is 30.7. The second-order valence-corrected chi connectivity index (χ2v) is 8.33. The average Bonchev–Trinajstić information content (AvgIpc) is 3.44. The van der Waals surface area contributed by atoms with Crippen LogP contribution in [0.5, 0.6) is 5.88 Å². The summed E-state index contributed by atoms with van der Waals surface area (Å²) in [6.45, 7) is 5.04. The van der Waals surface area contributed by atoms with Crippen molar-refractivity contribution < 1.29 is 33.2 Å². The summed E-state index contributed by atoms with van der Waals surface area (Å²) in [7, 11) is 0. The molecule has 2 aromatic heterocycles. The maximum atomic E-state index is 12.1. The summed E-state index contributed by atoms with van der Waals surface area (Å²) < 4.78 is 32.5. The molecule has 0 spiro atoms. The third kappa shape index (κ3) is 11.9. The molecule has 3 rings (SSSR count). The topological polar surface area (TPSA) is 165 Å². The standard InChI is InChI=1S/C27H36N6O7/c1-2-8-35-10-12-37-14-16-39-17-15-38-13-11-36-9-7-23(34)29-18-21-3-5-22(6-4-21)19-40-26-24-25(31-20-30-24)32-27(28)33-26/h1,3-6,20H,7-19H2,(H,29,34)(H3,28,30,31,32,33). The van der Waals surface area contributed by atoms with Gasteiger partial charge in [0.1, 0.15) is 18.7 Å². The molecule has 0 aliphatic rings. The van der Waals surface area contributed by atoms with E-state index in [9.17, 15) is 4.79 Å². The number of carbonyl (C=O) groups is 1. The molecule has 4 N–H and O–H groups in total. The highest BCUT2D eigenvalue weighted by molar-refractivity contribution is 5.76. The maximum Gasteiger partial charge on any atom is 0.245 e. The molecule has 13 nitrogen and oxygen atoms in total. The van der Waals surface area contributed by atoms with Gasteiger partial charge in [-0.25, -0.2) is 4.98 Å². The first-order valence-corrected chi connectivity index (χ1v) is 12.9. The molecule has 1 aromatic carbocycles. The van der Waals surface area contributed by atoms with E-state index in [-0.39, 0.29) is 18.3 Å². The van der Waals surface area contributed by atoms with Crippen LogP contribution in [-0.4, -0.2) is 91.9 Å². The molecule has 0 aliphatic carbocycles. The van der Waals surface area contributed by atoms with Crippen LogP contribution in [0.15, 0.2) is 30.6 Å². The van der Waals surface area contributed by atoms with Gasteiger partial charge in [-0.3, -0.25) is 4.79 Å². The molecule has 2 heterocycles. The summed E-state index contributed by atoms with van der Waals surface area (Å²) >= 11 is 0. The number of nitrogens with one attached hydrogen (secondary N) is 2. The van der Waals surface area contributed by atoms with Gasteiger partial charge in [-0.2, -0.15) is 9.97 Å². The Kier molecular flexibility index (Phi) is 14.2. The van der Waals surface area contributed by atoms with Gasteiger partial charge in [0, 0.05) is 13.0 Å². The van der Waals surface area contributed by atoms with E-state index in [1.807, 2.05) is 24.3 Å². The van der Waals surface area contributed by atoms with Crippen LogP contribution in [0, 0.1) is 12.3 Å². The van der Waals surface area contributed by atoms with Gasteiger partial charge in [-0.1, -0.05) is 30.2 Å². The molecule has 0 radical (unpaired) electrons. The molecule has 0 atom stereocenters. The summed E-state index contributed by atoms with van der Waals surface area (Å²) in [6.07, 6.45) is 6.86. The number of terminal acetylenes is 1. The molecule has 0 fully saturated rings. The predicted octanol–water partition coefficient (Wildman–Crippen LogP) is 1.24. The smallest absolute Gasteiger partial charge is 0.245 e. The zero-order valence-corrected chi connectivity index (χ0v) is 22.4. The van der Waals surface area contributed by atoms with Crippen LogP contribution < -0.4 is 15.8 Å². The number of aromatic amines is 1. The number of hydrogen-bond acceptors (Lipinski definition) is 11. The summed E-state index contributed by atoms with van der Waals surface area (Å²) in [5, 5.41) is 2.89.